The number of carbonyl (C=O) groups is 1. The van der Waals surface area contributed by atoms with Crippen LogP contribution in [0.5, 0.6) is 0 Å². The Bertz CT molecular complexity index is 927. The van der Waals surface area contributed by atoms with Gasteiger partial charge in [-0.1, -0.05) is 17.7 Å². The Balaban J connectivity index is 2.20. The molecular weight excluding hydrogens is 330 g/mol. The average molecular weight is 349 g/mol. The lowest BCUT2D eigenvalue weighted by atomic mass is 10.0. The molecule has 0 unspecified atom stereocenters. The summed E-state index contributed by atoms with van der Waals surface area (Å²) in [7, 11) is -4.02. The Morgan fingerprint density at radius 2 is 1.92 bits per heavy atom. The predicted molar refractivity (Wildman–Crippen MR) is 89.2 cm³/mol. The molecule has 1 aromatic carbocycles. The molecule has 1 aliphatic rings. The predicted octanol–water partition coefficient (Wildman–Crippen LogP) is 3.04. The number of hydrogen-bond donors (Lipinski definition) is 1. The molecule has 0 spiro atoms. The van der Waals surface area contributed by atoms with E-state index in [4.69, 9.17) is 4.42 Å². The Morgan fingerprint density at radius 3 is 2.58 bits per heavy atom. The first-order valence-corrected chi connectivity index (χ1v) is 9.13. The third-order valence-corrected chi connectivity index (χ3v) is 6.25. The van der Waals surface area contributed by atoms with Crippen LogP contribution in [0.1, 0.15) is 39.4 Å². The van der Waals surface area contributed by atoms with Crippen molar-refractivity contribution in [1.82, 2.24) is 0 Å². The summed E-state index contributed by atoms with van der Waals surface area (Å²) in [5.74, 6) is -1.10. The van der Waals surface area contributed by atoms with Crippen LogP contribution in [0.25, 0.3) is 0 Å². The highest BCUT2D eigenvalue weighted by molar-refractivity contribution is 7.93. The van der Waals surface area contributed by atoms with E-state index in [2.05, 4.69) is 0 Å². The van der Waals surface area contributed by atoms with Crippen LogP contribution < -0.4 is 4.31 Å². The average Bonchev–Trinajstić information content (AvgIpc) is 2.81. The molecule has 0 atom stereocenters. The van der Waals surface area contributed by atoms with Crippen molar-refractivity contribution in [2.45, 2.75) is 38.5 Å². The van der Waals surface area contributed by atoms with Crippen molar-refractivity contribution in [2.24, 2.45) is 0 Å². The molecule has 0 saturated heterocycles. The number of rotatable bonds is 3. The van der Waals surface area contributed by atoms with E-state index in [0.717, 1.165) is 17.5 Å². The van der Waals surface area contributed by atoms with Gasteiger partial charge < -0.3 is 9.52 Å². The van der Waals surface area contributed by atoms with Crippen molar-refractivity contribution in [2.75, 3.05) is 10.8 Å². The fraction of sp³-hybridized carbons (Fsp3) is 0.353. The maximum Gasteiger partial charge on any atom is 0.340 e. The summed E-state index contributed by atoms with van der Waals surface area (Å²) in [6.07, 6.45) is 1.49. The highest BCUT2D eigenvalue weighted by Gasteiger charge is 2.37. The van der Waals surface area contributed by atoms with Gasteiger partial charge in [-0.25, -0.2) is 13.2 Å². The van der Waals surface area contributed by atoms with Gasteiger partial charge in [0.05, 0.1) is 5.69 Å². The van der Waals surface area contributed by atoms with Crippen LogP contribution in [0.4, 0.5) is 5.69 Å². The number of carboxylic acids is 1. The summed E-state index contributed by atoms with van der Waals surface area (Å²) in [6.45, 7) is 5.22. The van der Waals surface area contributed by atoms with E-state index in [0.29, 0.717) is 18.7 Å². The second-order valence-electron chi connectivity index (χ2n) is 6.04. The summed E-state index contributed by atoms with van der Waals surface area (Å²) in [6, 6.07) is 5.62. The molecular formula is C17H19NO5S. The summed E-state index contributed by atoms with van der Waals surface area (Å²) in [4.78, 5) is 11.3. The molecule has 0 amide bonds. The molecule has 2 heterocycles. The number of sulfonamides is 1. The first-order valence-electron chi connectivity index (χ1n) is 7.69. The highest BCUT2D eigenvalue weighted by atomic mass is 32.2. The molecule has 3 rings (SSSR count). The normalized spacial score (nSPS) is 14.5. The van der Waals surface area contributed by atoms with Gasteiger partial charge in [-0.3, -0.25) is 4.31 Å². The first-order chi connectivity index (χ1) is 11.2. The minimum atomic E-state index is -4.02. The lowest BCUT2D eigenvalue weighted by Crippen LogP contribution is -2.36. The SMILES string of the molecule is Cc1ccc2c(c1)CCCN2S(=O)(=O)c1c(C)oc(C)c1C(=O)O. The maximum absolute atomic E-state index is 13.2. The summed E-state index contributed by atoms with van der Waals surface area (Å²) >= 11 is 0. The molecule has 24 heavy (non-hydrogen) atoms. The molecule has 0 fully saturated rings. The maximum atomic E-state index is 13.2. The van der Waals surface area contributed by atoms with Crippen LogP contribution in [-0.4, -0.2) is 26.0 Å². The van der Waals surface area contributed by atoms with Gasteiger partial charge in [0.15, 0.2) is 0 Å². The number of hydrogen-bond acceptors (Lipinski definition) is 4. The number of furan rings is 1. The Morgan fingerprint density at radius 1 is 1.21 bits per heavy atom. The second kappa shape index (κ2) is 5.66. The highest BCUT2D eigenvalue weighted by Crippen LogP contribution is 2.36. The summed E-state index contributed by atoms with van der Waals surface area (Å²) in [5.41, 5.74) is 2.35. The van der Waals surface area contributed by atoms with Gasteiger partial charge in [0.1, 0.15) is 22.0 Å². The first kappa shape index (κ1) is 16.6. The van der Waals surface area contributed by atoms with Crippen LogP contribution in [0.15, 0.2) is 27.5 Å². The molecule has 1 N–H and O–H groups in total. The van der Waals surface area contributed by atoms with Gasteiger partial charge >= 0.3 is 5.97 Å². The van der Waals surface area contributed by atoms with Crippen molar-refractivity contribution in [3.8, 4) is 0 Å². The van der Waals surface area contributed by atoms with Crippen molar-refractivity contribution in [3.63, 3.8) is 0 Å². The second-order valence-corrected chi connectivity index (χ2v) is 7.84. The van der Waals surface area contributed by atoms with E-state index in [1.54, 1.807) is 6.07 Å². The molecule has 128 valence electrons. The topological polar surface area (TPSA) is 87.8 Å². The smallest absolute Gasteiger partial charge is 0.340 e. The van der Waals surface area contributed by atoms with E-state index in [1.807, 2.05) is 19.1 Å². The van der Waals surface area contributed by atoms with Crippen LogP contribution in [0.3, 0.4) is 0 Å². The monoisotopic (exact) mass is 349 g/mol. The van der Waals surface area contributed by atoms with Gasteiger partial charge in [0.25, 0.3) is 10.0 Å². The molecule has 1 aliphatic heterocycles. The molecule has 0 saturated carbocycles. The van der Waals surface area contributed by atoms with Gasteiger partial charge in [0.2, 0.25) is 0 Å². The molecule has 0 aliphatic carbocycles. The van der Waals surface area contributed by atoms with E-state index in [9.17, 15) is 18.3 Å². The quantitative estimate of drug-likeness (QED) is 0.920. The lowest BCUT2D eigenvalue weighted by Gasteiger charge is -2.30. The Kier molecular flexibility index (Phi) is 3.91. The fourth-order valence-corrected chi connectivity index (χ4v) is 5.19. The van der Waals surface area contributed by atoms with Gasteiger partial charge in [-0.05, 0) is 45.2 Å². The largest absolute Gasteiger partial charge is 0.478 e. The van der Waals surface area contributed by atoms with Crippen molar-refractivity contribution in [3.05, 3.63) is 46.4 Å². The van der Waals surface area contributed by atoms with E-state index in [1.165, 1.54) is 18.2 Å². The molecule has 1 aromatic heterocycles. The minimum absolute atomic E-state index is 0.0970. The Hall–Kier alpha value is -2.28. The van der Waals surface area contributed by atoms with Crippen LogP contribution in [0.2, 0.25) is 0 Å². The van der Waals surface area contributed by atoms with Crippen LogP contribution in [0, 0.1) is 20.8 Å². The summed E-state index contributed by atoms with van der Waals surface area (Å²) in [5, 5.41) is 9.41. The van der Waals surface area contributed by atoms with Crippen LogP contribution >= 0.6 is 0 Å². The van der Waals surface area contributed by atoms with E-state index >= 15 is 0 Å². The standard InChI is InChI=1S/C17H19NO5S/c1-10-6-7-14-13(9-10)5-4-8-18(14)24(21,22)16-12(3)23-11(2)15(16)17(19)20/h6-7,9H,4-5,8H2,1-3H3,(H,19,20). The van der Waals surface area contributed by atoms with Crippen molar-refractivity contribution in [1.29, 1.82) is 0 Å². The number of fused-ring (bicyclic) bond motifs is 1. The molecule has 2 aromatic rings. The van der Waals surface area contributed by atoms with Crippen molar-refractivity contribution < 1.29 is 22.7 Å². The van der Waals surface area contributed by atoms with E-state index in [-0.39, 0.29) is 22.0 Å². The van der Waals surface area contributed by atoms with Gasteiger partial charge in [0, 0.05) is 6.54 Å². The van der Waals surface area contributed by atoms with E-state index < -0.39 is 16.0 Å². The van der Waals surface area contributed by atoms with Gasteiger partial charge in [-0.15, -0.1) is 0 Å². The minimum Gasteiger partial charge on any atom is -0.478 e. The number of aromatic carboxylic acids is 1. The third kappa shape index (κ3) is 2.49. The lowest BCUT2D eigenvalue weighted by molar-refractivity contribution is 0.0691. The molecule has 6 nitrogen and oxygen atoms in total. The third-order valence-electron chi connectivity index (χ3n) is 4.28. The fourth-order valence-electron chi connectivity index (χ4n) is 3.27. The molecule has 0 bridgehead atoms. The number of aryl methyl sites for hydroxylation is 4. The van der Waals surface area contributed by atoms with Crippen molar-refractivity contribution >= 4 is 21.7 Å². The zero-order valence-corrected chi connectivity index (χ0v) is 14.6. The number of anilines is 1. The summed E-state index contributed by atoms with van der Waals surface area (Å²) < 4.78 is 33.0. The Labute approximate surface area is 140 Å². The number of carboxylic acid groups (broad SMARTS) is 1. The number of nitrogens with zero attached hydrogens (tertiary/aromatic N) is 1. The molecule has 7 heteroatoms. The zero-order chi connectivity index (χ0) is 17.6. The van der Waals surface area contributed by atoms with Gasteiger partial charge in [-0.2, -0.15) is 0 Å². The van der Waals surface area contributed by atoms with Crippen LogP contribution in [-0.2, 0) is 16.4 Å². The zero-order valence-electron chi connectivity index (χ0n) is 13.8. The number of benzene rings is 1. The molecule has 0 radical (unpaired) electrons.